The number of carboxylic acid groups (broad SMARTS) is 2. The van der Waals surface area contributed by atoms with Gasteiger partial charge in [-0.2, -0.15) is 0 Å². The van der Waals surface area contributed by atoms with Gasteiger partial charge in [0.25, 0.3) is 0 Å². The van der Waals surface area contributed by atoms with E-state index in [2.05, 4.69) is 41.5 Å². The number of rotatable bonds is 10. The summed E-state index contributed by atoms with van der Waals surface area (Å²) in [5, 5.41) is 19.7. The largest absolute Gasteiger partial charge is 0.478 e. The van der Waals surface area contributed by atoms with Gasteiger partial charge < -0.3 is 19.7 Å². The van der Waals surface area contributed by atoms with E-state index in [1.165, 1.54) is 36.4 Å². The molecule has 0 spiro atoms. The monoisotopic (exact) mass is 634 g/mol. The Morgan fingerprint density at radius 1 is 0.609 bits per heavy atom. The molecule has 0 amide bonds. The zero-order valence-corrected chi connectivity index (χ0v) is 27.6. The first-order chi connectivity index (χ1) is 21.7. The molecule has 9 nitrogen and oxygen atoms in total. The van der Waals surface area contributed by atoms with Crippen molar-refractivity contribution < 1.29 is 43.7 Å². The maximum absolute atomic E-state index is 13.7. The number of aromatic carboxylic acids is 2. The molecule has 0 aromatic heterocycles. The van der Waals surface area contributed by atoms with E-state index in [4.69, 9.17) is 9.47 Å². The van der Waals surface area contributed by atoms with Crippen LogP contribution in [-0.4, -0.2) is 52.1 Å². The van der Waals surface area contributed by atoms with Gasteiger partial charge in [-0.25, -0.2) is 19.2 Å². The molecule has 2 aliphatic rings. The third-order valence-electron chi connectivity index (χ3n) is 9.90. The van der Waals surface area contributed by atoms with Crippen LogP contribution in [0.15, 0.2) is 36.4 Å². The van der Waals surface area contributed by atoms with E-state index in [0.29, 0.717) is 24.7 Å². The minimum Gasteiger partial charge on any atom is -0.478 e. The molecule has 46 heavy (non-hydrogen) atoms. The molecular formula is C37H46O9. The second-order valence-electron chi connectivity index (χ2n) is 14.0. The molecule has 2 aromatic rings. The molecule has 0 radical (unpaired) electrons. The molecule has 0 saturated heterocycles. The van der Waals surface area contributed by atoms with E-state index in [0.717, 1.165) is 25.7 Å². The van der Waals surface area contributed by atoms with Crippen molar-refractivity contribution in [3.8, 4) is 0 Å². The smallest absolute Gasteiger partial charge is 0.339 e. The van der Waals surface area contributed by atoms with Gasteiger partial charge in [0.05, 0.1) is 22.3 Å². The minimum absolute atomic E-state index is 0.00209. The first kappa shape index (κ1) is 34.9. The predicted molar refractivity (Wildman–Crippen MR) is 171 cm³/mol. The van der Waals surface area contributed by atoms with Crippen LogP contribution in [0.2, 0.25) is 0 Å². The number of hydrogen-bond donors (Lipinski definition) is 2. The number of ketones is 1. The summed E-state index contributed by atoms with van der Waals surface area (Å²) in [5.74, 6) is -3.41. The fraction of sp³-hybridized carbons (Fsp3) is 0.541. The SMILES string of the molecule is CC1CCC(C(C)C)C(OC(=O)c2cc(C(=O)c3ccc(C(=O)O)c(C(=O)OC4CC(C)CCC4C(C)C)c3)ccc2C(=O)O)C1. The lowest BCUT2D eigenvalue weighted by molar-refractivity contribution is -0.0183. The van der Waals surface area contributed by atoms with E-state index in [9.17, 15) is 34.2 Å². The van der Waals surface area contributed by atoms with Gasteiger partial charge in [0.15, 0.2) is 5.78 Å². The average Bonchev–Trinajstić information content (AvgIpc) is 2.99. The summed E-state index contributed by atoms with van der Waals surface area (Å²) in [6.07, 6.45) is 4.43. The predicted octanol–water partition coefficient (Wildman–Crippen LogP) is 7.55. The maximum atomic E-state index is 13.7. The number of carboxylic acids is 2. The van der Waals surface area contributed by atoms with Crippen LogP contribution < -0.4 is 0 Å². The molecule has 9 heteroatoms. The van der Waals surface area contributed by atoms with Gasteiger partial charge in [-0.15, -0.1) is 0 Å². The third-order valence-corrected chi connectivity index (χ3v) is 9.90. The van der Waals surface area contributed by atoms with Crippen LogP contribution in [0.4, 0.5) is 0 Å². The molecule has 248 valence electrons. The highest BCUT2D eigenvalue weighted by Gasteiger charge is 2.36. The quantitative estimate of drug-likeness (QED) is 0.200. The molecule has 2 fully saturated rings. The topological polar surface area (TPSA) is 144 Å². The van der Waals surface area contributed by atoms with Gasteiger partial charge >= 0.3 is 23.9 Å². The van der Waals surface area contributed by atoms with Crippen molar-refractivity contribution in [2.45, 2.75) is 92.3 Å². The summed E-state index contributed by atoms with van der Waals surface area (Å²) in [7, 11) is 0. The molecule has 0 aliphatic heterocycles. The summed E-state index contributed by atoms with van der Waals surface area (Å²) in [6.45, 7) is 12.5. The Morgan fingerprint density at radius 2 is 0.978 bits per heavy atom. The van der Waals surface area contributed by atoms with E-state index in [-0.39, 0.29) is 69.3 Å². The second kappa shape index (κ2) is 14.6. The van der Waals surface area contributed by atoms with E-state index in [1.807, 2.05) is 0 Å². The third kappa shape index (κ3) is 7.85. The van der Waals surface area contributed by atoms with Gasteiger partial charge in [0, 0.05) is 11.1 Å². The number of hydrogen-bond acceptors (Lipinski definition) is 7. The van der Waals surface area contributed by atoms with Crippen LogP contribution in [0.5, 0.6) is 0 Å². The lowest BCUT2D eigenvalue weighted by Crippen LogP contribution is -2.36. The fourth-order valence-electron chi connectivity index (χ4n) is 7.15. The molecule has 2 N–H and O–H groups in total. The zero-order valence-electron chi connectivity index (χ0n) is 27.6. The summed E-state index contributed by atoms with van der Waals surface area (Å²) < 4.78 is 11.8. The van der Waals surface area contributed by atoms with Crippen molar-refractivity contribution in [3.63, 3.8) is 0 Å². The van der Waals surface area contributed by atoms with Crippen molar-refractivity contribution in [1.29, 1.82) is 0 Å². The van der Waals surface area contributed by atoms with Gasteiger partial charge in [0.1, 0.15) is 12.2 Å². The van der Waals surface area contributed by atoms with Crippen molar-refractivity contribution in [1.82, 2.24) is 0 Å². The molecule has 6 unspecified atom stereocenters. The summed E-state index contributed by atoms with van der Waals surface area (Å²) in [5.41, 5.74) is -1.08. The lowest BCUT2D eigenvalue weighted by Gasteiger charge is -2.36. The average molecular weight is 635 g/mol. The second-order valence-corrected chi connectivity index (χ2v) is 14.0. The van der Waals surface area contributed by atoms with Crippen molar-refractivity contribution >= 4 is 29.7 Å². The molecular weight excluding hydrogens is 588 g/mol. The van der Waals surface area contributed by atoms with Crippen LogP contribution in [0.1, 0.15) is 137 Å². The Morgan fingerprint density at radius 3 is 1.30 bits per heavy atom. The summed E-state index contributed by atoms with van der Waals surface area (Å²) in [6, 6.07) is 7.36. The normalized spacial score (nSPS) is 24.8. The lowest BCUT2D eigenvalue weighted by atomic mass is 9.75. The molecule has 2 aliphatic carbocycles. The summed E-state index contributed by atoms with van der Waals surface area (Å²) in [4.78, 5) is 64.7. The molecule has 2 saturated carbocycles. The van der Waals surface area contributed by atoms with E-state index < -0.39 is 29.7 Å². The molecule has 0 bridgehead atoms. The molecule has 0 heterocycles. The highest BCUT2D eigenvalue weighted by molar-refractivity contribution is 6.13. The maximum Gasteiger partial charge on any atom is 0.339 e. The first-order valence-corrected chi connectivity index (χ1v) is 16.4. The first-order valence-electron chi connectivity index (χ1n) is 16.4. The van der Waals surface area contributed by atoms with Crippen LogP contribution in [0.25, 0.3) is 0 Å². The van der Waals surface area contributed by atoms with Crippen LogP contribution in [0, 0.1) is 35.5 Å². The van der Waals surface area contributed by atoms with Gasteiger partial charge in [-0.1, -0.05) is 66.5 Å². The number of benzene rings is 2. The fourth-order valence-corrected chi connectivity index (χ4v) is 7.15. The Hall–Kier alpha value is -4.01. The highest BCUT2D eigenvalue weighted by Crippen LogP contribution is 2.37. The number of carbonyl (C=O) groups excluding carboxylic acids is 3. The van der Waals surface area contributed by atoms with E-state index >= 15 is 0 Å². The number of ether oxygens (including phenoxy) is 2. The minimum atomic E-state index is -1.34. The highest BCUT2D eigenvalue weighted by atomic mass is 16.5. The van der Waals surface area contributed by atoms with Crippen molar-refractivity contribution in [2.75, 3.05) is 0 Å². The Balaban J connectivity index is 1.65. The summed E-state index contributed by atoms with van der Waals surface area (Å²) >= 11 is 0. The van der Waals surface area contributed by atoms with Gasteiger partial charge in [0.2, 0.25) is 0 Å². The standard InChI is InChI=1S/C37H46O9/c1-19(2)25-11-7-21(5)15-31(25)45-36(43)29-17-23(9-13-27(29)34(39)40)33(38)24-10-14-28(35(41)42)30(18-24)37(44)46-32-16-22(6)8-12-26(32)20(3)4/h9-10,13-14,17-22,25-26,31-32H,7-8,11-12,15-16H2,1-6H3,(H,39,40)(H,41,42). The van der Waals surface area contributed by atoms with Gasteiger partial charge in [-0.05, 0) is 85.5 Å². The Bertz CT molecular complexity index is 1380. The molecule has 6 atom stereocenters. The van der Waals surface area contributed by atoms with Crippen LogP contribution >= 0.6 is 0 Å². The molecule has 4 rings (SSSR count). The molecule has 2 aromatic carbocycles. The van der Waals surface area contributed by atoms with Gasteiger partial charge in [-0.3, -0.25) is 4.79 Å². The van der Waals surface area contributed by atoms with Crippen LogP contribution in [-0.2, 0) is 9.47 Å². The van der Waals surface area contributed by atoms with E-state index in [1.54, 1.807) is 0 Å². The van der Waals surface area contributed by atoms with Crippen molar-refractivity contribution in [3.05, 3.63) is 69.8 Å². The number of esters is 2. The number of carbonyl (C=O) groups is 5. The Labute approximate surface area is 270 Å². The Kier molecular flexibility index (Phi) is 11.1. The van der Waals surface area contributed by atoms with Crippen LogP contribution in [0.3, 0.4) is 0 Å². The zero-order chi connectivity index (χ0) is 33.9. The van der Waals surface area contributed by atoms with Crippen molar-refractivity contribution in [2.24, 2.45) is 35.5 Å².